The lowest BCUT2D eigenvalue weighted by Gasteiger charge is -2.15. The van der Waals surface area contributed by atoms with Crippen molar-refractivity contribution in [3.05, 3.63) is 77.5 Å². The maximum absolute atomic E-state index is 12.8. The number of hydrogen-bond acceptors (Lipinski definition) is 4. The predicted molar refractivity (Wildman–Crippen MR) is 99.5 cm³/mol. The Kier molecular flexibility index (Phi) is 4.09. The minimum absolute atomic E-state index is 0.179. The van der Waals surface area contributed by atoms with Crippen molar-refractivity contribution < 1.29 is 9.21 Å². The van der Waals surface area contributed by atoms with Gasteiger partial charge in [0.15, 0.2) is 5.69 Å². The van der Waals surface area contributed by atoms with Crippen LogP contribution in [0.15, 0.2) is 59.2 Å². The van der Waals surface area contributed by atoms with Crippen LogP contribution in [0.4, 0.5) is 0 Å². The molecule has 0 fully saturated rings. The van der Waals surface area contributed by atoms with Crippen LogP contribution < -0.4 is 11.1 Å². The molecule has 1 amide bonds. The Hall–Kier alpha value is -2.92. The number of carbonyl (C=O) groups excluding carboxylic acids is 1. The Balaban J connectivity index is 1.62. The second-order valence-electron chi connectivity index (χ2n) is 6.92. The number of hydrogen-bond donors (Lipinski definition) is 2. The van der Waals surface area contributed by atoms with Crippen molar-refractivity contribution in [2.24, 2.45) is 11.7 Å². The Labute approximate surface area is 152 Å². The first-order valence-corrected chi connectivity index (χ1v) is 8.76. The molecule has 3 N–H and O–H groups in total. The maximum atomic E-state index is 12.8. The van der Waals surface area contributed by atoms with Gasteiger partial charge in [-0.25, -0.2) is 4.98 Å². The molecule has 1 heterocycles. The van der Waals surface area contributed by atoms with Crippen LogP contribution in [0.3, 0.4) is 0 Å². The SMILES string of the molecule is CC(C)C(N)c1nc(C(=O)NC2c3ccccc3-c3ccccc32)co1. The van der Waals surface area contributed by atoms with Gasteiger partial charge in [-0.3, -0.25) is 4.79 Å². The first kappa shape index (κ1) is 16.5. The topological polar surface area (TPSA) is 81.1 Å². The van der Waals surface area contributed by atoms with Gasteiger partial charge in [0.1, 0.15) is 6.26 Å². The van der Waals surface area contributed by atoms with Crippen LogP contribution in [-0.4, -0.2) is 10.9 Å². The van der Waals surface area contributed by atoms with Crippen LogP contribution in [0.1, 0.15) is 53.4 Å². The molecule has 0 spiro atoms. The number of nitrogens with one attached hydrogen (secondary N) is 1. The maximum Gasteiger partial charge on any atom is 0.273 e. The molecule has 1 aromatic heterocycles. The molecule has 0 bridgehead atoms. The lowest BCUT2D eigenvalue weighted by Crippen LogP contribution is -2.28. The summed E-state index contributed by atoms with van der Waals surface area (Å²) in [5.41, 5.74) is 10.8. The minimum atomic E-state index is -0.329. The molecule has 1 atom stereocenters. The monoisotopic (exact) mass is 347 g/mol. The zero-order chi connectivity index (χ0) is 18.3. The molecule has 132 valence electrons. The predicted octanol–water partition coefficient (Wildman–Crippen LogP) is 3.83. The standard InChI is InChI=1S/C21H21N3O2/c1-12(2)18(22)21-23-17(11-26-21)20(25)24-19-15-9-5-3-7-13(15)14-8-4-6-10-16(14)19/h3-12,18-19H,22H2,1-2H3,(H,24,25). The van der Waals surface area contributed by atoms with Crippen LogP contribution in [0.25, 0.3) is 11.1 Å². The van der Waals surface area contributed by atoms with Gasteiger partial charge in [-0.1, -0.05) is 62.4 Å². The van der Waals surface area contributed by atoms with Gasteiger partial charge >= 0.3 is 0 Å². The number of nitrogens with zero attached hydrogens (tertiary/aromatic N) is 1. The fourth-order valence-electron chi connectivity index (χ4n) is 3.35. The molecule has 1 aliphatic carbocycles. The van der Waals surface area contributed by atoms with Crippen LogP contribution in [0, 0.1) is 5.92 Å². The van der Waals surface area contributed by atoms with E-state index in [2.05, 4.69) is 22.4 Å². The first-order chi connectivity index (χ1) is 12.6. The zero-order valence-electron chi connectivity index (χ0n) is 14.8. The van der Waals surface area contributed by atoms with E-state index in [1.807, 2.05) is 50.2 Å². The highest BCUT2D eigenvalue weighted by atomic mass is 16.3. The number of benzene rings is 2. The van der Waals surface area contributed by atoms with Crippen molar-refractivity contribution in [1.82, 2.24) is 10.3 Å². The largest absolute Gasteiger partial charge is 0.446 e. The Morgan fingerprint density at radius 1 is 1.08 bits per heavy atom. The number of oxazole rings is 1. The van der Waals surface area contributed by atoms with E-state index in [4.69, 9.17) is 10.2 Å². The number of nitrogens with two attached hydrogens (primary N) is 1. The molecule has 0 radical (unpaired) electrons. The third kappa shape index (κ3) is 2.70. The summed E-state index contributed by atoms with van der Waals surface area (Å²) in [6.45, 7) is 3.97. The van der Waals surface area contributed by atoms with E-state index >= 15 is 0 Å². The molecular weight excluding hydrogens is 326 g/mol. The molecule has 4 rings (SSSR count). The molecule has 0 saturated heterocycles. The summed E-state index contributed by atoms with van der Waals surface area (Å²) in [5, 5.41) is 3.09. The molecule has 1 unspecified atom stereocenters. The summed E-state index contributed by atoms with van der Waals surface area (Å²) in [6, 6.07) is 15.7. The molecule has 0 saturated carbocycles. The highest BCUT2D eigenvalue weighted by molar-refractivity contribution is 5.93. The van der Waals surface area contributed by atoms with Crippen molar-refractivity contribution in [3.8, 4) is 11.1 Å². The summed E-state index contributed by atoms with van der Waals surface area (Å²) >= 11 is 0. The third-order valence-corrected chi connectivity index (χ3v) is 4.87. The number of rotatable bonds is 4. The lowest BCUT2D eigenvalue weighted by molar-refractivity contribution is 0.0938. The second-order valence-corrected chi connectivity index (χ2v) is 6.92. The zero-order valence-corrected chi connectivity index (χ0v) is 14.8. The minimum Gasteiger partial charge on any atom is -0.446 e. The molecule has 1 aliphatic rings. The van der Waals surface area contributed by atoms with Crippen LogP contribution in [0.2, 0.25) is 0 Å². The summed E-state index contributed by atoms with van der Waals surface area (Å²) in [5.74, 6) is 0.294. The summed E-state index contributed by atoms with van der Waals surface area (Å²) in [4.78, 5) is 17.0. The van der Waals surface area contributed by atoms with E-state index in [9.17, 15) is 4.79 Å². The number of aromatic nitrogens is 1. The van der Waals surface area contributed by atoms with E-state index in [0.29, 0.717) is 5.89 Å². The molecule has 2 aromatic carbocycles. The van der Waals surface area contributed by atoms with Crippen molar-refractivity contribution in [2.45, 2.75) is 25.9 Å². The molecule has 0 aliphatic heterocycles. The van der Waals surface area contributed by atoms with Crippen LogP contribution >= 0.6 is 0 Å². The van der Waals surface area contributed by atoms with Crippen molar-refractivity contribution in [1.29, 1.82) is 0 Å². The van der Waals surface area contributed by atoms with E-state index in [-0.39, 0.29) is 29.6 Å². The summed E-state index contributed by atoms with van der Waals surface area (Å²) in [6.07, 6.45) is 1.37. The van der Waals surface area contributed by atoms with Gasteiger partial charge in [-0.15, -0.1) is 0 Å². The van der Waals surface area contributed by atoms with Crippen LogP contribution in [0.5, 0.6) is 0 Å². The normalized spacial score (nSPS) is 14.2. The van der Waals surface area contributed by atoms with Gasteiger partial charge in [0.25, 0.3) is 5.91 Å². The van der Waals surface area contributed by atoms with E-state index < -0.39 is 0 Å². The highest BCUT2D eigenvalue weighted by Gasteiger charge is 2.30. The van der Waals surface area contributed by atoms with E-state index in [1.54, 1.807) is 0 Å². The molecule has 3 aromatic rings. The van der Waals surface area contributed by atoms with Gasteiger partial charge < -0.3 is 15.5 Å². The van der Waals surface area contributed by atoms with Gasteiger partial charge in [-0.05, 0) is 28.2 Å². The fourth-order valence-corrected chi connectivity index (χ4v) is 3.35. The summed E-state index contributed by atoms with van der Waals surface area (Å²) in [7, 11) is 0. The van der Waals surface area contributed by atoms with Crippen molar-refractivity contribution in [2.75, 3.05) is 0 Å². The van der Waals surface area contributed by atoms with Gasteiger partial charge in [-0.2, -0.15) is 0 Å². The quantitative estimate of drug-likeness (QED) is 0.751. The van der Waals surface area contributed by atoms with Crippen molar-refractivity contribution >= 4 is 5.91 Å². The van der Waals surface area contributed by atoms with Crippen LogP contribution in [-0.2, 0) is 0 Å². The van der Waals surface area contributed by atoms with E-state index in [0.717, 1.165) is 22.3 Å². The lowest BCUT2D eigenvalue weighted by atomic mass is 10.1. The Bertz CT molecular complexity index is 916. The number of carbonyl (C=O) groups is 1. The Morgan fingerprint density at radius 2 is 1.65 bits per heavy atom. The van der Waals surface area contributed by atoms with Gasteiger partial charge in [0, 0.05) is 0 Å². The molecule has 5 heteroatoms. The van der Waals surface area contributed by atoms with E-state index in [1.165, 1.54) is 6.26 Å². The first-order valence-electron chi connectivity index (χ1n) is 8.76. The molecular formula is C21H21N3O2. The average molecular weight is 347 g/mol. The fraction of sp³-hybridized carbons (Fsp3) is 0.238. The Morgan fingerprint density at radius 3 is 2.23 bits per heavy atom. The second kappa shape index (κ2) is 6.42. The van der Waals surface area contributed by atoms with Gasteiger partial charge in [0.05, 0.1) is 12.1 Å². The third-order valence-electron chi connectivity index (χ3n) is 4.87. The number of amides is 1. The number of fused-ring (bicyclic) bond motifs is 3. The average Bonchev–Trinajstić information content (AvgIpc) is 3.26. The van der Waals surface area contributed by atoms with Gasteiger partial charge in [0.2, 0.25) is 5.89 Å². The smallest absolute Gasteiger partial charge is 0.273 e. The van der Waals surface area contributed by atoms with Crippen molar-refractivity contribution in [3.63, 3.8) is 0 Å². The molecule has 26 heavy (non-hydrogen) atoms. The summed E-state index contributed by atoms with van der Waals surface area (Å²) < 4.78 is 5.42. The highest BCUT2D eigenvalue weighted by Crippen LogP contribution is 2.43. The molecule has 5 nitrogen and oxygen atoms in total.